The molecule has 1 aliphatic carbocycles. The Morgan fingerprint density at radius 1 is 1.14 bits per heavy atom. The van der Waals surface area contributed by atoms with Crippen molar-refractivity contribution in [3.8, 4) is 0 Å². The first-order chi connectivity index (χ1) is 13.9. The van der Waals surface area contributed by atoms with Gasteiger partial charge in [0.1, 0.15) is 12.1 Å². The van der Waals surface area contributed by atoms with Crippen LogP contribution in [0.1, 0.15) is 78.0 Å². The molecule has 4 nitrogen and oxygen atoms in total. The van der Waals surface area contributed by atoms with Gasteiger partial charge in [-0.05, 0) is 79.1 Å². The third-order valence-electron chi connectivity index (χ3n) is 6.68. The van der Waals surface area contributed by atoms with Crippen molar-refractivity contribution < 1.29 is 14.0 Å². The van der Waals surface area contributed by atoms with Gasteiger partial charge in [0.25, 0.3) is 0 Å². The zero-order chi connectivity index (χ0) is 20.6. The zero-order valence-corrected chi connectivity index (χ0v) is 16.7. The second-order valence-electron chi connectivity index (χ2n) is 8.72. The summed E-state index contributed by atoms with van der Waals surface area (Å²) in [6.07, 6.45) is 6.91. The number of anilines is 1. The largest absolute Gasteiger partial charge is 0.377 e. The molecule has 3 N–H and O–H groups in total. The Morgan fingerprint density at radius 3 is 2.55 bits per heavy atom. The van der Waals surface area contributed by atoms with Crippen LogP contribution in [-0.4, -0.2) is 12.2 Å². The predicted molar refractivity (Wildman–Crippen MR) is 111 cm³/mol. The first-order valence-corrected chi connectivity index (χ1v) is 10.4. The number of benzene rings is 2. The van der Waals surface area contributed by atoms with E-state index in [2.05, 4.69) is 5.32 Å². The molecule has 0 saturated heterocycles. The van der Waals surface area contributed by atoms with Gasteiger partial charge >= 0.3 is 0 Å². The number of nitrogens with two attached hydrogens (primary N) is 1. The molecule has 152 valence electrons. The number of carbonyl (C=O) groups excluding carboxylic acids is 2. The Hall–Kier alpha value is -2.69. The van der Waals surface area contributed by atoms with Crippen LogP contribution >= 0.6 is 0 Å². The Labute approximate surface area is 170 Å². The van der Waals surface area contributed by atoms with Gasteiger partial charge in [0.05, 0.1) is 11.5 Å². The number of halogens is 1. The first-order valence-electron chi connectivity index (χ1n) is 10.4. The highest BCUT2D eigenvalue weighted by Crippen LogP contribution is 2.46. The Balaban J connectivity index is 1.76. The molecular weight excluding hydrogens is 367 g/mol. The average Bonchev–Trinajstić information content (AvgIpc) is 2.72. The van der Waals surface area contributed by atoms with Crippen LogP contribution < -0.4 is 11.1 Å². The minimum Gasteiger partial charge on any atom is -0.377 e. The normalized spacial score (nSPS) is 24.4. The van der Waals surface area contributed by atoms with Gasteiger partial charge in [0, 0.05) is 11.3 Å². The van der Waals surface area contributed by atoms with Crippen molar-refractivity contribution in [1.82, 2.24) is 0 Å². The summed E-state index contributed by atoms with van der Waals surface area (Å²) in [4.78, 5) is 23.7. The van der Waals surface area contributed by atoms with Crippen LogP contribution in [0.2, 0.25) is 0 Å². The molecule has 0 bridgehead atoms. The van der Waals surface area contributed by atoms with E-state index >= 15 is 0 Å². The number of primary amides is 1. The van der Waals surface area contributed by atoms with E-state index in [1.807, 2.05) is 19.1 Å². The average molecular weight is 394 g/mol. The van der Waals surface area contributed by atoms with Crippen molar-refractivity contribution in [2.24, 2.45) is 11.1 Å². The summed E-state index contributed by atoms with van der Waals surface area (Å²) < 4.78 is 14.6. The maximum atomic E-state index is 14.6. The van der Waals surface area contributed by atoms with Crippen LogP contribution in [0.15, 0.2) is 36.4 Å². The topological polar surface area (TPSA) is 72.2 Å². The standard InChI is InChI=1S/C24H27FN2O2/c1-24(23(26)29)13-19-9-15(14-28)7-8-21(19)27-22(24)18-10-17(11-20(25)12-18)16-5-3-2-4-6-16/h7-12,14,16,22,27H,2-6,13H2,1H3,(H2,26,29). The molecule has 1 aliphatic heterocycles. The maximum Gasteiger partial charge on any atom is 0.226 e. The zero-order valence-electron chi connectivity index (χ0n) is 16.7. The van der Waals surface area contributed by atoms with Crippen molar-refractivity contribution in [2.45, 2.75) is 57.4 Å². The molecule has 4 rings (SSSR count). The predicted octanol–water partition coefficient (Wildman–Crippen LogP) is 4.89. The molecule has 0 aromatic heterocycles. The third-order valence-corrected chi connectivity index (χ3v) is 6.68. The molecule has 2 aromatic carbocycles. The smallest absolute Gasteiger partial charge is 0.226 e. The number of amides is 1. The highest BCUT2D eigenvalue weighted by Gasteiger charge is 2.44. The van der Waals surface area contributed by atoms with Crippen molar-refractivity contribution in [3.05, 3.63) is 64.5 Å². The lowest BCUT2D eigenvalue weighted by molar-refractivity contribution is -0.127. The van der Waals surface area contributed by atoms with Crippen molar-refractivity contribution in [3.63, 3.8) is 0 Å². The Morgan fingerprint density at radius 2 is 1.86 bits per heavy atom. The van der Waals surface area contributed by atoms with Crippen LogP contribution in [-0.2, 0) is 11.2 Å². The van der Waals surface area contributed by atoms with Gasteiger partial charge in [-0.3, -0.25) is 9.59 Å². The molecule has 1 fully saturated rings. The molecular formula is C24H27FN2O2. The number of fused-ring (bicyclic) bond motifs is 1. The molecule has 0 spiro atoms. The summed E-state index contributed by atoms with van der Waals surface area (Å²) in [6, 6.07) is 10.1. The Kier molecular flexibility index (Phi) is 5.15. The van der Waals surface area contributed by atoms with E-state index in [1.54, 1.807) is 18.2 Å². The van der Waals surface area contributed by atoms with Crippen molar-refractivity contribution >= 4 is 17.9 Å². The van der Waals surface area contributed by atoms with Crippen LogP contribution in [0.4, 0.5) is 10.1 Å². The quantitative estimate of drug-likeness (QED) is 0.726. The van der Waals surface area contributed by atoms with E-state index in [-0.39, 0.29) is 5.82 Å². The van der Waals surface area contributed by atoms with Crippen LogP contribution in [0.25, 0.3) is 0 Å². The molecule has 2 atom stereocenters. The molecule has 0 radical (unpaired) electrons. The second-order valence-corrected chi connectivity index (χ2v) is 8.72. The fourth-order valence-electron chi connectivity index (χ4n) is 4.94. The molecule has 1 amide bonds. The van der Waals surface area contributed by atoms with Gasteiger partial charge in [-0.15, -0.1) is 0 Å². The van der Waals surface area contributed by atoms with Gasteiger partial charge in [-0.25, -0.2) is 4.39 Å². The number of rotatable bonds is 4. The second kappa shape index (κ2) is 7.62. The summed E-state index contributed by atoms with van der Waals surface area (Å²) in [6.45, 7) is 1.81. The summed E-state index contributed by atoms with van der Waals surface area (Å²) >= 11 is 0. The number of aldehydes is 1. The lowest BCUT2D eigenvalue weighted by Gasteiger charge is -2.41. The lowest BCUT2D eigenvalue weighted by Crippen LogP contribution is -2.47. The number of hydrogen-bond donors (Lipinski definition) is 2. The monoisotopic (exact) mass is 394 g/mol. The molecule has 2 aromatic rings. The van der Waals surface area contributed by atoms with E-state index in [4.69, 9.17) is 5.73 Å². The molecule has 2 aliphatic rings. The van der Waals surface area contributed by atoms with E-state index in [1.165, 1.54) is 25.3 Å². The van der Waals surface area contributed by atoms with E-state index < -0.39 is 17.4 Å². The molecule has 2 unspecified atom stereocenters. The fourth-order valence-corrected chi connectivity index (χ4v) is 4.94. The van der Waals surface area contributed by atoms with Crippen LogP contribution in [0, 0.1) is 11.2 Å². The maximum absolute atomic E-state index is 14.6. The van der Waals surface area contributed by atoms with Crippen LogP contribution in [0.3, 0.4) is 0 Å². The van der Waals surface area contributed by atoms with E-state index in [0.29, 0.717) is 17.9 Å². The van der Waals surface area contributed by atoms with Gasteiger partial charge < -0.3 is 11.1 Å². The Bertz CT molecular complexity index is 952. The molecule has 1 saturated carbocycles. The van der Waals surface area contributed by atoms with Crippen molar-refractivity contribution in [2.75, 3.05) is 5.32 Å². The van der Waals surface area contributed by atoms with Gasteiger partial charge in [0.2, 0.25) is 5.91 Å². The van der Waals surface area contributed by atoms with Gasteiger partial charge in [-0.2, -0.15) is 0 Å². The number of nitrogens with one attached hydrogen (secondary N) is 1. The summed E-state index contributed by atoms with van der Waals surface area (Å²) in [5, 5.41) is 3.41. The van der Waals surface area contributed by atoms with Gasteiger partial charge in [-0.1, -0.05) is 25.3 Å². The van der Waals surface area contributed by atoms with Gasteiger partial charge in [0.15, 0.2) is 0 Å². The minimum absolute atomic E-state index is 0.279. The third kappa shape index (κ3) is 3.66. The summed E-state index contributed by atoms with van der Waals surface area (Å²) in [5.41, 5.74) is 8.93. The van der Waals surface area contributed by atoms with Crippen molar-refractivity contribution in [1.29, 1.82) is 0 Å². The summed E-state index contributed by atoms with van der Waals surface area (Å²) in [5.74, 6) is -0.358. The molecule has 1 heterocycles. The summed E-state index contributed by atoms with van der Waals surface area (Å²) in [7, 11) is 0. The molecule has 5 heteroatoms. The minimum atomic E-state index is -0.938. The lowest BCUT2D eigenvalue weighted by atomic mass is 9.70. The number of carbonyl (C=O) groups is 2. The first kappa shape index (κ1) is 19.6. The number of hydrogen-bond acceptors (Lipinski definition) is 3. The van der Waals surface area contributed by atoms with Crippen LogP contribution in [0.5, 0.6) is 0 Å². The highest BCUT2D eigenvalue weighted by atomic mass is 19.1. The van der Waals surface area contributed by atoms with E-state index in [9.17, 15) is 14.0 Å². The fraction of sp³-hybridized carbons (Fsp3) is 0.417. The molecule has 29 heavy (non-hydrogen) atoms. The van der Waals surface area contributed by atoms with E-state index in [0.717, 1.165) is 41.5 Å². The highest BCUT2D eigenvalue weighted by molar-refractivity contribution is 5.85. The SMILES string of the molecule is CC1(C(N)=O)Cc2cc(C=O)ccc2NC1c1cc(F)cc(C2CCCCC2)c1.